The number of nitrogens with zero attached hydrogens (tertiary/aromatic N) is 1. The minimum Gasteiger partial charge on any atom is -0.316 e. The molecule has 2 nitrogen and oxygen atoms in total. The molecule has 72 valence electrons. The average Bonchev–Trinajstić information content (AvgIpc) is 2.03. The van der Waals surface area contributed by atoms with Crippen molar-refractivity contribution in [2.75, 3.05) is 0 Å². The summed E-state index contributed by atoms with van der Waals surface area (Å²) in [7, 11) is 0. The van der Waals surface area contributed by atoms with Crippen LogP contribution in [-0.4, -0.2) is 4.57 Å². The zero-order valence-electron chi connectivity index (χ0n) is 8.79. The summed E-state index contributed by atoms with van der Waals surface area (Å²) in [6, 6.07) is 3.55. The molecule has 0 unspecified atom stereocenters. The summed E-state index contributed by atoms with van der Waals surface area (Å²) in [5.41, 5.74) is 1.40. The van der Waals surface area contributed by atoms with E-state index in [0.717, 1.165) is 6.54 Å². The van der Waals surface area contributed by atoms with Crippen molar-refractivity contribution in [2.45, 2.75) is 39.7 Å². The van der Waals surface area contributed by atoms with Crippen LogP contribution in [0.1, 0.15) is 33.3 Å². The van der Waals surface area contributed by atoms with Crippen LogP contribution in [0.4, 0.5) is 0 Å². The van der Waals surface area contributed by atoms with E-state index < -0.39 is 0 Å². The van der Waals surface area contributed by atoms with E-state index >= 15 is 0 Å². The van der Waals surface area contributed by atoms with Crippen molar-refractivity contribution < 1.29 is 0 Å². The van der Waals surface area contributed by atoms with E-state index in [1.54, 1.807) is 10.6 Å². The Morgan fingerprint density at radius 3 is 2.38 bits per heavy atom. The first kappa shape index (κ1) is 10.0. The number of hydrogen-bond acceptors (Lipinski definition) is 1. The molecule has 0 aliphatic rings. The van der Waals surface area contributed by atoms with Crippen LogP contribution < -0.4 is 5.56 Å². The molecule has 0 N–H and O–H groups in total. The molecule has 0 aliphatic heterocycles. The molecular weight excluding hydrogens is 162 g/mol. The van der Waals surface area contributed by atoms with Gasteiger partial charge in [-0.15, -0.1) is 0 Å². The van der Waals surface area contributed by atoms with Gasteiger partial charge in [0, 0.05) is 18.8 Å². The van der Waals surface area contributed by atoms with Gasteiger partial charge in [0.05, 0.1) is 0 Å². The van der Waals surface area contributed by atoms with Crippen LogP contribution in [0.3, 0.4) is 0 Å². The minimum absolute atomic E-state index is 0.0792. The highest BCUT2D eigenvalue weighted by Gasteiger charge is 2.13. The topological polar surface area (TPSA) is 22.0 Å². The molecule has 0 atom stereocenters. The molecule has 0 spiro atoms. The lowest BCUT2D eigenvalue weighted by atomic mass is 9.88. The predicted octanol–water partition coefficient (Wildman–Crippen LogP) is 2.17. The van der Waals surface area contributed by atoms with Gasteiger partial charge in [-0.25, -0.2) is 0 Å². The summed E-state index contributed by atoms with van der Waals surface area (Å²) in [5, 5.41) is 0. The smallest absolute Gasteiger partial charge is 0.250 e. The van der Waals surface area contributed by atoms with E-state index in [1.165, 1.54) is 5.56 Å². The molecule has 0 aromatic carbocycles. The number of aryl methyl sites for hydroxylation is 1. The van der Waals surface area contributed by atoms with Crippen LogP contribution >= 0.6 is 0 Å². The Morgan fingerprint density at radius 1 is 1.31 bits per heavy atom. The summed E-state index contributed by atoms with van der Waals surface area (Å²) in [5.74, 6) is 0. The lowest BCUT2D eigenvalue weighted by Crippen LogP contribution is -2.21. The molecule has 1 aromatic rings. The molecule has 0 saturated carbocycles. The highest BCUT2D eigenvalue weighted by Crippen LogP contribution is 2.20. The fourth-order valence-electron chi connectivity index (χ4n) is 1.22. The van der Waals surface area contributed by atoms with Crippen molar-refractivity contribution in [1.82, 2.24) is 4.57 Å². The number of pyridine rings is 1. The van der Waals surface area contributed by atoms with E-state index in [4.69, 9.17) is 0 Å². The maximum Gasteiger partial charge on any atom is 0.250 e. The molecule has 1 aromatic heterocycles. The Kier molecular flexibility index (Phi) is 2.60. The molecule has 0 bridgehead atoms. The Morgan fingerprint density at radius 2 is 1.92 bits per heavy atom. The Labute approximate surface area is 79.2 Å². The number of hydrogen-bond donors (Lipinski definition) is 0. The highest BCUT2D eigenvalue weighted by atomic mass is 16.1. The van der Waals surface area contributed by atoms with Gasteiger partial charge in [0.2, 0.25) is 0 Å². The van der Waals surface area contributed by atoms with Crippen molar-refractivity contribution >= 4 is 0 Å². The van der Waals surface area contributed by atoms with Gasteiger partial charge in [0.15, 0.2) is 0 Å². The molecule has 0 radical (unpaired) electrons. The third-order valence-electron chi connectivity index (χ3n) is 2.19. The summed E-state index contributed by atoms with van der Waals surface area (Å²) < 4.78 is 1.74. The number of rotatable bonds is 1. The first-order chi connectivity index (χ1) is 5.95. The van der Waals surface area contributed by atoms with Crippen molar-refractivity contribution in [3.63, 3.8) is 0 Å². The maximum absolute atomic E-state index is 11.3. The second-order valence-electron chi connectivity index (χ2n) is 4.29. The second kappa shape index (κ2) is 3.36. The highest BCUT2D eigenvalue weighted by molar-refractivity contribution is 5.18. The van der Waals surface area contributed by atoms with Gasteiger partial charge in [0.25, 0.3) is 5.56 Å². The third kappa shape index (κ3) is 2.20. The molecule has 13 heavy (non-hydrogen) atoms. The summed E-state index contributed by atoms with van der Waals surface area (Å²) in [4.78, 5) is 11.3. The quantitative estimate of drug-likeness (QED) is 0.647. The van der Waals surface area contributed by atoms with Gasteiger partial charge in [-0.2, -0.15) is 0 Å². The van der Waals surface area contributed by atoms with Gasteiger partial charge in [-0.1, -0.05) is 26.8 Å². The molecule has 0 aliphatic carbocycles. The Balaban J connectivity index is 3.22. The van der Waals surface area contributed by atoms with Crippen LogP contribution in [0, 0.1) is 0 Å². The van der Waals surface area contributed by atoms with E-state index in [9.17, 15) is 4.79 Å². The molecule has 1 heterocycles. The number of aromatic nitrogens is 1. The zero-order chi connectivity index (χ0) is 10.1. The standard InChI is InChI=1S/C11H17NO/c1-5-12-8-9(11(2,3)4)6-7-10(12)13/h6-8H,5H2,1-4H3. The normalized spacial score (nSPS) is 11.7. The zero-order valence-corrected chi connectivity index (χ0v) is 8.79. The third-order valence-corrected chi connectivity index (χ3v) is 2.19. The first-order valence-electron chi connectivity index (χ1n) is 4.66. The van der Waals surface area contributed by atoms with E-state index in [1.807, 2.05) is 19.2 Å². The van der Waals surface area contributed by atoms with Gasteiger partial charge >= 0.3 is 0 Å². The minimum atomic E-state index is 0.0792. The second-order valence-corrected chi connectivity index (χ2v) is 4.29. The van der Waals surface area contributed by atoms with Crippen LogP contribution in [0.25, 0.3) is 0 Å². The average molecular weight is 179 g/mol. The predicted molar refractivity (Wildman–Crippen MR) is 55.1 cm³/mol. The van der Waals surface area contributed by atoms with Gasteiger partial charge < -0.3 is 4.57 Å². The van der Waals surface area contributed by atoms with Crippen LogP contribution in [0.15, 0.2) is 23.1 Å². The SMILES string of the molecule is CCn1cc(C(C)(C)C)ccc1=O. The first-order valence-corrected chi connectivity index (χ1v) is 4.66. The molecule has 0 amide bonds. The van der Waals surface area contributed by atoms with E-state index in [-0.39, 0.29) is 11.0 Å². The fourth-order valence-corrected chi connectivity index (χ4v) is 1.22. The summed E-state index contributed by atoms with van der Waals surface area (Å²) in [6.07, 6.45) is 1.95. The largest absolute Gasteiger partial charge is 0.316 e. The molecule has 1 rings (SSSR count). The maximum atomic E-state index is 11.3. The van der Waals surface area contributed by atoms with Gasteiger partial charge in [-0.3, -0.25) is 4.79 Å². The Hall–Kier alpha value is -1.05. The van der Waals surface area contributed by atoms with Gasteiger partial charge in [-0.05, 0) is 17.9 Å². The van der Waals surface area contributed by atoms with Gasteiger partial charge in [0.1, 0.15) is 0 Å². The van der Waals surface area contributed by atoms with Crippen molar-refractivity contribution in [3.8, 4) is 0 Å². The van der Waals surface area contributed by atoms with Crippen LogP contribution in [0.2, 0.25) is 0 Å². The van der Waals surface area contributed by atoms with Crippen LogP contribution in [0.5, 0.6) is 0 Å². The lowest BCUT2D eigenvalue weighted by molar-refractivity contribution is 0.574. The summed E-state index contributed by atoms with van der Waals surface area (Å²) in [6.45, 7) is 9.16. The van der Waals surface area contributed by atoms with Crippen molar-refractivity contribution in [3.05, 3.63) is 34.2 Å². The molecular formula is C11H17NO. The fraction of sp³-hybridized carbons (Fsp3) is 0.545. The van der Waals surface area contributed by atoms with Crippen molar-refractivity contribution in [2.24, 2.45) is 0 Å². The molecule has 2 heteroatoms. The lowest BCUT2D eigenvalue weighted by Gasteiger charge is -2.19. The Bertz CT molecular complexity index is 344. The van der Waals surface area contributed by atoms with E-state index in [0.29, 0.717) is 0 Å². The molecule has 0 fully saturated rings. The van der Waals surface area contributed by atoms with E-state index in [2.05, 4.69) is 20.8 Å². The molecule has 0 saturated heterocycles. The van der Waals surface area contributed by atoms with Crippen molar-refractivity contribution in [1.29, 1.82) is 0 Å². The summed E-state index contributed by atoms with van der Waals surface area (Å²) >= 11 is 0. The van der Waals surface area contributed by atoms with Crippen LogP contribution in [-0.2, 0) is 12.0 Å². The monoisotopic (exact) mass is 179 g/mol.